The van der Waals surface area contributed by atoms with E-state index in [0.29, 0.717) is 23.5 Å². The molecule has 1 aromatic carbocycles. The molecule has 2 amide bonds. The van der Waals surface area contributed by atoms with Crippen molar-refractivity contribution >= 4 is 35.1 Å². The molecule has 108 valence electrons. The summed E-state index contributed by atoms with van der Waals surface area (Å²) in [6, 6.07) is 5.68. The molecule has 1 saturated heterocycles. The fraction of sp³-hybridized carbons (Fsp3) is 0.385. The number of hydrogen-bond acceptors (Lipinski definition) is 4. The number of carbonyl (C=O) groups excluding carboxylic acids is 1. The van der Waals surface area contributed by atoms with Gasteiger partial charge in [0, 0.05) is 5.75 Å². The van der Waals surface area contributed by atoms with Gasteiger partial charge in [0.15, 0.2) is 0 Å². The summed E-state index contributed by atoms with van der Waals surface area (Å²) in [5.41, 5.74) is 6.72. The van der Waals surface area contributed by atoms with Crippen LogP contribution in [0.2, 0.25) is 0 Å². The molecule has 1 aliphatic rings. The number of aliphatic carboxylic acids is 1. The van der Waals surface area contributed by atoms with Crippen LogP contribution in [0.3, 0.4) is 0 Å². The van der Waals surface area contributed by atoms with Crippen LogP contribution in [0, 0.1) is 0 Å². The Morgan fingerprint density at radius 1 is 1.50 bits per heavy atom. The van der Waals surface area contributed by atoms with Crippen LogP contribution >= 0.6 is 11.8 Å². The Hall–Kier alpha value is -1.89. The van der Waals surface area contributed by atoms with Crippen LogP contribution in [-0.2, 0) is 4.79 Å². The van der Waals surface area contributed by atoms with E-state index in [9.17, 15) is 14.7 Å². The fourth-order valence-corrected chi connectivity index (χ4v) is 3.48. The van der Waals surface area contributed by atoms with Crippen LogP contribution in [-0.4, -0.2) is 39.2 Å². The van der Waals surface area contributed by atoms with E-state index in [1.807, 2.05) is 6.92 Å². The number of benzene rings is 1. The monoisotopic (exact) mass is 295 g/mol. The normalized spacial score (nSPS) is 21.8. The van der Waals surface area contributed by atoms with Gasteiger partial charge < -0.3 is 16.2 Å². The smallest absolute Gasteiger partial charge is 0.327 e. The number of urea groups is 1. The zero-order chi connectivity index (χ0) is 14.7. The molecule has 0 bridgehead atoms. The maximum absolute atomic E-state index is 12.3. The van der Waals surface area contributed by atoms with Crippen molar-refractivity contribution < 1.29 is 14.7 Å². The standard InChI is InChI=1S/C13H17N3O3S/c1-2-11-16(10(7-20-11)12(17)18)13(19)15-9-6-4-3-5-8(9)14/h3-6,10-11H,2,7,14H2,1H3,(H,15,19)(H,17,18). The van der Waals surface area contributed by atoms with Crippen molar-refractivity contribution in [1.29, 1.82) is 0 Å². The molecule has 1 aliphatic heterocycles. The van der Waals surface area contributed by atoms with E-state index in [-0.39, 0.29) is 5.37 Å². The van der Waals surface area contributed by atoms with Crippen LogP contribution in [0.4, 0.5) is 16.2 Å². The van der Waals surface area contributed by atoms with E-state index in [4.69, 9.17) is 5.73 Å². The molecule has 1 fully saturated rings. The van der Waals surface area contributed by atoms with E-state index in [2.05, 4.69) is 5.32 Å². The number of carboxylic acid groups (broad SMARTS) is 1. The third kappa shape index (κ3) is 2.82. The topological polar surface area (TPSA) is 95.7 Å². The Morgan fingerprint density at radius 3 is 2.80 bits per heavy atom. The molecule has 0 spiro atoms. The summed E-state index contributed by atoms with van der Waals surface area (Å²) in [6.45, 7) is 1.93. The molecular formula is C13H17N3O3S. The summed E-state index contributed by atoms with van der Waals surface area (Å²) in [7, 11) is 0. The van der Waals surface area contributed by atoms with Gasteiger partial charge in [0.05, 0.1) is 16.7 Å². The Bertz CT molecular complexity index is 523. The average Bonchev–Trinajstić information content (AvgIpc) is 2.85. The third-order valence-electron chi connectivity index (χ3n) is 3.16. The van der Waals surface area contributed by atoms with E-state index in [1.165, 1.54) is 16.7 Å². The Kier molecular flexibility index (Phi) is 4.39. The molecule has 6 nitrogen and oxygen atoms in total. The molecule has 4 N–H and O–H groups in total. The number of nitrogens with zero attached hydrogens (tertiary/aromatic N) is 1. The lowest BCUT2D eigenvalue weighted by atomic mass is 10.2. The molecular weight excluding hydrogens is 278 g/mol. The van der Waals surface area contributed by atoms with E-state index < -0.39 is 18.0 Å². The molecule has 7 heteroatoms. The highest BCUT2D eigenvalue weighted by molar-refractivity contribution is 8.00. The molecule has 2 atom stereocenters. The van der Waals surface area contributed by atoms with Gasteiger partial charge in [-0.1, -0.05) is 19.1 Å². The Labute approximate surface area is 121 Å². The number of carboxylic acids is 1. The highest BCUT2D eigenvalue weighted by atomic mass is 32.2. The molecule has 0 radical (unpaired) electrons. The number of nitrogen functional groups attached to an aromatic ring is 1. The molecule has 0 aliphatic carbocycles. The van der Waals surface area contributed by atoms with Crippen molar-refractivity contribution in [2.75, 3.05) is 16.8 Å². The second-order valence-electron chi connectivity index (χ2n) is 4.47. The molecule has 1 aromatic rings. The largest absolute Gasteiger partial charge is 0.480 e. The summed E-state index contributed by atoms with van der Waals surface area (Å²) in [5, 5.41) is 11.8. The number of nitrogens with one attached hydrogen (secondary N) is 1. The maximum atomic E-state index is 12.3. The highest BCUT2D eigenvalue weighted by Crippen LogP contribution is 2.32. The summed E-state index contributed by atoms with van der Waals surface area (Å²) >= 11 is 1.48. The van der Waals surface area contributed by atoms with E-state index >= 15 is 0 Å². The number of thioether (sulfide) groups is 1. The Balaban J connectivity index is 2.17. The van der Waals surface area contributed by atoms with Crippen LogP contribution in [0.25, 0.3) is 0 Å². The minimum absolute atomic E-state index is 0.124. The first kappa shape index (κ1) is 14.5. The number of amides is 2. The van der Waals surface area contributed by atoms with Crippen LogP contribution in [0.5, 0.6) is 0 Å². The molecule has 2 unspecified atom stereocenters. The molecule has 1 heterocycles. The predicted octanol–water partition coefficient (Wildman–Crippen LogP) is 2.04. The van der Waals surface area contributed by atoms with Gasteiger partial charge in [-0.05, 0) is 18.6 Å². The number of hydrogen-bond donors (Lipinski definition) is 3. The van der Waals surface area contributed by atoms with Gasteiger partial charge in [0.2, 0.25) is 0 Å². The first-order valence-electron chi connectivity index (χ1n) is 6.32. The van der Waals surface area contributed by atoms with Crippen molar-refractivity contribution in [2.24, 2.45) is 0 Å². The van der Waals surface area contributed by atoms with Gasteiger partial charge in [-0.2, -0.15) is 0 Å². The van der Waals surface area contributed by atoms with E-state index in [0.717, 1.165) is 0 Å². The molecule has 2 rings (SSSR count). The fourth-order valence-electron chi connectivity index (χ4n) is 2.13. The van der Waals surface area contributed by atoms with Gasteiger partial charge in [-0.25, -0.2) is 9.59 Å². The van der Waals surface area contributed by atoms with Crippen LogP contribution < -0.4 is 11.1 Å². The second-order valence-corrected chi connectivity index (χ2v) is 5.69. The number of anilines is 2. The lowest BCUT2D eigenvalue weighted by Crippen LogP contribution is -2.47. The van der Waals surface area contributed by atoms with E-state index in [1.54, 1.807) is 24.3 Å². The highest BCUT2D eigenvalue weighted by Gasteiger charge is 2.40. The SMILES string of the molecule is CCC1SCC(C(=O)O)N1C(=O)Nc1ccccc1N. The minimum Gasteiger partial charge on any atom is -0.480 e. The summed E-state index contributed by atoms with van der Waals surface area (Å²) in [4.78, 5) is 25.0. The number of nitrogens with two attached hydrogens (primary N) is 1. The van der Waals surface area contributed by atoms with Gasteiger partial charge in [-0.3, -0.25) is 4.90 Å². The zero-order valence-electron chi connectivity index (χ0n) is 11.1. The van der Waals surface area contributed by atoms with Crippen molar-refractivity contribution in [3.8, 4) is 0 Å². The Morgan fingerprint density at radius 2 is 2.20 bits per heavy atom. The number of para-hydroxylation sites is 2. The van der Waals surface area contributed by atoms with Gasteiger partial charge in [0.1, 0.15) is 6.04 Å². The average molecular weight is 295 g/mol. The lowest BCUT2D eigenvalue weighted by molar-refractivity contribution is -0.141. The van der Waals surface area contributed by atoms with Crippen molar-refractivity contribution in [1.82, 2.24) is 4.90 Å². The first-order valence-corrected chi connectivity index (χ1v) is 7.37. The second kappa shape index (κ2) is 6.04. The van der Waals surface area contributed by atoms with Crippen molar-refractivity contribution in [3.05, 3.63) is 24.3 Å². The van der Waals surface area contributed by atoms with Crippen molar-refractivity contribution in [3.63, 3.8) is 0 Å². The quantitative estimate of drug-likeness (QED) is 0.742. The zero-order valence-corrected chi connectivity index (χ0v) is 11.9. The molecule has 20 heavy (non-hydrogen) atoms. The van der Waals surface area contributed by atoms with Crippen LogP contribution in [0.15, 0.2) is 24.3 Å². The van der Waals surface area contributed by atoms with Crippen molar-refractivity contribution in [2.45, 2.75) is 24.8 Å². The first-order chi connectivity index (χ1) is 9.54. The van der Waals surface area contributed by atoms with Gasteiger partial charge >= 0.3 is 12.0 Å². The molecule has 0 aromatic heterocycles. The predicted molar refractivity (Wildman–Crippen MR) is 79.7 cm³/mol. The summed E-state index contributed by atoms with van der Waals surface area (Å²) in [6.07, 6.45) is 0.701. The summed E-state index contributed by atoms with van der Waals surface area (Å²) < 4.78 is 0. The number of rotatable bonds is 3. The third-order valence-corrected chi connectivity index (χ3v) is 4.62. The minimum atomic E-state index is -0.982. The molecule has 0 saturated carbocycles. The number of carbonyl (C=O) groups is 2. The van der Waals surface area contributed by atoms with Gasteiger partial charge in [0.25, 0.3) is 0 Å². The summed E-state index contributed by atoms with van der Waals surface area (Å²) in [5.74, 6) is -0.574. The van der Waals surface area contributed by atoms with Crippen LogP contribution in [0.1, 0.15) is 13.3 Å². The van der Waals surface area contributed by atoms with Gasteiger partial charge in [-0.15, -0.1) is 11.8 Å². The lowest BCUT2D eigenvalue weighted by Gasteiger charge is -2.27. The maximum Gasteiger partial charge on any atom is 0.327 e.